The molecule has 0 amide bonds. The van der Waals surface area contributed by atoms with Crippen LogP contribution < -0.4 is 10.5 Å². The molecule has 5 heteroatoms. The molecule has 94 valence electrons. The molecule has 0 spiro atoms. The first kappa shape index (κ1) is 13.8. The zero-order chi connectivity index (χ0) is 12.8. The van der Waals surface area contributed by atoms with Gasteiger partial charge in [-0.2, -0.15) is 0 Å². The molecule has 2 N–H and O–H groups in total. The predicted octanol–water partition coefficient (Wildman–Crippen LogP) is 2.05. The van der Waals surface area contributed by atoms with Gasteiger partial charge in [-0.15, -0.1) is 0 Å². The lowest BCUT2D eigenvalue weighted by Gasteiger charge is -2.12. The van der Waals surface area contributed by atoms with Crippen LogP contribution in [-0.2, 0) is 16.1 Å². The summed E-state index contributed by atoms with van der Waals surface area (Å²) in [6.07, 6.45) is 0.210. The maximum Gasteiger partial charge on any atom is 0.307 e. The van der Waals surface area contributed by atoms with Crippen LogP contribution in [0, 0.1) is 6.92 Å². The molecular weight excluding hydrogens is 242 g/mol. The quantitative estimate of drug-likeness (QED) is 0.820. The Hall–Kier alpha value is -1.26. The minimum absolute atomic E-state index is 0.142. The second-order valence-corrected chi connectivity index (χ2v) is 4.05. The van der Waals surface area contributed by atoms with Crippen LogP contribution in [0.5, 0.6) is 5.75 Å². The van der Waals surface area contributed by atoms with Gasteiger partial charge < -0.3 is 15.2 Å². The van der Waals surface area contributed by atoms with Gasteiger partial charge in [0.1, 0.15) is 12.4 Å². The molecule has 0 unspecified atom stereocenters. The third-order valence-electron chi connectivity index (χ3n) is 2.26. The van der Waals surface area contributed by atoms with Gasteiger partial charge in [-0.25, -0.2) is 0 Å². The number of hydrogen-bond donors (Lipinski definition) is 1. The summed E-state index contributed by atoms with van der Waals surface area (Å²) < 4.78 is 10.3. The van der Waals surface area contributed by atoms with Crippen molar-refractivity contribution in [2.45, 2.75) is 20.0 Å². The lowest BCUT2D eigenvalue weighted by atomic mass is 10.1. The summed E-state index contributed by atoms with van der Waals surface area (Å²) in [6.45, 7) is 2.31. The average Bonchev–Trinajstić information content (AvgIpc) is 2.26. The third kappa shape index (κ3) is 3.91. The predicted molar refractivity (Wildman–Crippen MR) is 66.2 cm³/mol. The van der Waals surface area contributed by atoms with E-state index in [-0.39, 0.29) is 25.5 Å². The Balaban J connectivity index is 2.79. The average molecular weight is 258 g/mol. The van der Waals surface area contributed by atoms with E-state index in [4.69, 9.17) is 26.8 Å². The molecular formula is C12H16ClNO3. The Morgan fingerprint density at radius 3 is 2.76 bits per heavy atom. The molecule has 17 heavy (non-hydrogen) atoms. The molecule has 0 aliphatic heterocycles. The number of benzene rings is 1. The van der Waals surface area contributed by atoms with E-state index in [1.54, 1.807) is 19.2 Å². The van der Waals surface area contributed by atoms with Gasteiger partial charge >= 0.3 is 5.97 Å². The zero-order valence-corrected chi connectivity index (χ0v) is 10.7. The Kier molecular flexibility index (Phi) is 5.25. The fraction of sp³-hybridized carbons (Fsp3) is 0.417. The number of methoxy groups -OCH3 is 1. The molecule has 1 aromatic carbocycles. The molecule has 0 radical (unpaired) electrons. The zero-order valence-electron chi connectivity index (χ0n) is 9.96. The molecule has 1 aromatic rings. The number of hydrogen-bond acceptors (Lipinski definition) is 4. The normalized spacial score (nSPS) is 10.1. The number of carbonyl (C=O) groups excluding carboxylic acids is 1. The monoisotopic (exact) mass is 257 g/mol. The molecule has 0 bridgehead atoms. The fourth-order valence-corrected chi connectivity index (χ4v) is 1.84. The number of halogens is 1. The largest absolute Gasteiger partial charge is 0.496 e. The molecule has 0 aromatic heterocycles. The Morgan fingerprint density at radius 1 is 1.47 bits per heavy atom. The van der Waals surface area contributed by atoms with Crippen molar-refractivity contribution < 1.29 is 14.3 Å². The van der Waals surface area contributed by atoms with Crippen molar-refractivity contribution >= 4 is 17.6 Å². The summed E-state index contributed by atoms with van der Waals surface area (Å²) in [5.41, 5.74) is 6.92. The Labute approximate surface area is 106 Å². The van der Waals surface area contributed by atoms with E-state index in [2.05, 4.69) is 0 Å². The van der Waals surface area contributed by atoms with E-state index in [0.29, 0.717) is 10.8 Å². The summed E-state index contributed by atoms with van der Waals surface area (Å²) in [7, 11) is 1.57. The highest BCUT2D eigenvalue weighted by Gasteiger charge is 2.10. The maximum absolute atomic E-state index is 11.2. The van der Waals surface area contributed by atoms with Crippen molar-refractivity contribution in [3.8, 4) is 5.75 Å². The van der Waals surface area contributed by atoms with Gasteiger partial charge in [-0.05, 0) is 24.6 Å². The van der Waals surface area contributed by atoms with Crippen LogP contribution in [0.3, 0.4) is 0 Å². The Morgan fingerprint density at radius 2 is 2.18 bits per heavy atom. The molecule has 0 atom stereocenters. The third-order valence-corrected chi connectivity index (χ3v) is 2.48. The lowest BCUT2D eigenvalue weighted by molar-refractivity contribution is -0.144. The van der Waals surface area contributed by atoms with Crippen molar-refractivity contribution in [2.24, 2.45) is 5.73 Å². The van der Waals surface area contributed by atoms with E-state index in [9.17, 15) is 4.79 Å². The first-order valence-corrected chi connectivity index (χ1v) is 5.65. The van der Waals surface area contributed by atoms with Crippen LogP contribution in [0.1, 0.15) is 17.5 Å². The second kappa shape index (κ2) is 6.47. The van der Waals surface area contributed by atoms with Crippen molar-refractivity contribution in [3.63, 3.8) is 0 Å². The van der Waals surface area contributed by atoms with E-state index in [0.717, 1.165) is 11.1 Å². The second-order valence-electron chi connectivity index (χ2n) is 3.61. The van der Waals surface area contributed by atoms with Gasteiger partial charge in [0.25, 0.3) is 0 Å². The molecule has 0 fully saturated rings. The smallest absolute Gasteiger partial charge is 0.307 e. The van der Waals surface area contributed by atoms with Crippen LogP contribution in [0.15, 0.2) is 12.1 Å². The highest BCUT2D eigenvalue weighted by atomic mass is 35.5. The van der Waals surface area contributed by atoms with Crippen LogP contribution in [0.2, 0.25) is 5.02 Å². The first-order valence-electron chi connectivity index (χ1n) is 5.27. The highest BCUT2D eigenvalue weighted by molar-refractivity contribution is 6.30. The number of esters is 1. The van der Waals surface area contributed by atoms with Crippen LogP contribution in [0.25, 0.3) is 0 Å². The molecule has 0 aliphatic carbocycles. The lowest BCUT2D eigenvalue weighted by Crippen LogP contribution is -2.11. The van der Waals surface area contributed by atoms with E-state index < -0.39 is 0 Å². The van der Waals surface area contributed by atoms with Crippen molar-refractivity contribution in [1.29, 1.82) is 0 Å². The Bertz CT molecular complexity index is 407. The molecule has 0 aliphatic rings. The molecule has 4 nitrogen and oxygen atoms in total. The minimum Gasteiger partial charge on any atom is -0.496 e. The summed E-state index contributed by atoms with van der Waals surface area (Å²) in [4.78, 5) is 11.2. The summed E-state index contributed by atoms with van der Waals surface area (Å²) in [5, 5.41) is 0.591. The minimum atomic E-state index is -0.327. The topological polar surface area (TPSA) is 61.5 Å². The van der Waals surface area contributed by atoms with Gasteiger partial charge in [0, 0.05) is 17.1 Å². The number of nitrogens with two attached hydrogens (primary N) is 1. The van der Waals surface area contributed by atoms with Gasteiger partial charge in [0.2, 0.25) is 0 Å². The molecule has 0 saturated heterocycles. The van der Waals surface area contributed by atoms with Crippen molar-refractivity contribution in [2.75, 3.05) is 13.7 Å². The number of carbonyl (C=O) groups is 1. The number of rotatable bonds is 5. The summed E-state index contributed by atoms with van der Waals surface area (Å²) >= 11 is 5.94. The number of aryl methyl sites for hydroxylation is 1. The summed E-state index contributed by atoms with van der Waals surface area (Å²) in [5.74, 6) is 0.363. The van der Waals surface area contributed by atoms with Crippen LogP contribution in [-0.4, -0.2) is 19.6 Å². The maximum atomic E-state index is 11.2. The highest BCUT2D eigenvalue weighted by Crippen LogP contribution is 2.28. The van der Waals surface area contributed by atoms with Gasteiger partial charge in [0.05, 0.1) is 13.5 Å². The van der Waals surface area contributed by atoms with Gasteiger partial charge in [0.15, 0.2) is 0 Å². The van der Waals surface area contributed by atoms with E-state index in [1.807, 2.05) is 6.92 Å². The van der Waals surface area contributed by atoms with Crippen LogP contribution >= 0.6 is 11.6 Å². The van der Waals surface area contributed by atoms with E-state index in [1.165, 1.54) is 0 Å². The first-order chi connectivity index (χ1) is 8.08. The summed E-state index contributed by atoms with van der Waals surface area (Å²) in [6, 6.07) is 3.52. The van der Waals surface area contributed by atoms with Gasteiger partial charge in [-0.1, -0.05) is 11.6 Å². The van der Waals surface area contributed by atoms with Gasteiger partial charge in [-0.3, -0.25) is 4.79 Å². The van der Waals surface area contributed by atoms with Crippen LogP contribution in [0.4, 0.5) is 0 Å². The molecule has 0 heterocycles. The fourth-order valence-electron chi connectivity index (χ4n) is 1.55. The van der Waals surface area contributed by atoms with E-state index >= 15 is 0 Å². The standard InChI is InChI=1S/C12H16ClNO3/c1-8-5-10(13)6-9(12(8)16-2)7-17-11(15)3-4-14/h5-6H,3-4,7,14H2,1-2H3. The molecule has 0 saturated carbocycles. The van der Waals surface area contributed by atoms with Crippen molar-refractivity contribution in [1.82, 2.24) is 0 Å². The SMILES string of the molecule is COc1c(C)cc(Cl)cc1COC(=O)CCN. The van der Waals surface area contributed by atoms with Crippen molar-refractivity contribution in [3.05, 3.63) is 28.3 Å². The molecule has 1 rings (SSSR count). The number of ether oxygens (including phenoxy) is 2.